The zero-order chi connectivity index (χ0) is 15.0. The maximum absolute atomic E-state index is 12.8. The third-order valence-electron chi connectivity index (χ3n) is 3.86. The minimum absolute atomic E-state index is 0.0935. The minimum atomic E-state index is -0.0935. The Morgan fingerprint density at radius 1 is 1.43 bits per heavy atom. The lowest BCUT2D eigenvalue weighted by Gasteiger charge is -2.35. The Morgan fingerprint density at radius 2 is 2.19 bits per heavy atom. The average molecular weight is 302 g/mol. The molecule has 1 atom stereocenters. The van der Waals surface area contributed by atoms with E-state index in [1.54, 1.807) is 6.07 Å². The molecule has 0 fully saturated rings. The summed E-state index contributed by atoms with van der Waals surface area (Å²) < 4.78 is 0. The number of nitrogens with two attached hydrogens (primary N) is 1. The summed E-state index contributed by atoms with van der Waals surface area (Å²) in [5.74, 6) is 0.143. The SMILES string of the molecule is CC1CCc2ccccc2N1C(=O)c1cnc(N)c(Cl)c1. The van der Waals surface area contributed by atoms with Crippen molar-refractivity contribution in [3.8, 4) is 0 Å². The van der Waals surface area contributed by atoms with Gasteiger partial charge in [-0.2, -0.15) is 0 Å². The Labute approximate surface area is 128 Å². The second-order valence-electron chi connectivity index (χ2n) is 5.28. The van der Waals surface area contributed by atoms with Gasteiger partial charge in [0.1, 0.15) is 5.82 Å². The van der Waals surface area contributed by atoms with Crippen LogP contribution in [0.3, 0.4) is 0 Å². The molecule has 1 aliphatic rings. The van der Waals surface area contributed by atoms with Crippen molar-refractivity contribution in [2.24, 2.45) is 0 Å². The van der Waals surface area contributed by atoms with E-state index in [9.17, 15) is 4.79 Å². The molecule has 21 heavy (non-hydrogen) atoms. The Morgan fingerprint density at radius 3 is 2.95 bits per heavy atom. The highest BCUT2D eigenvalue weighted by atomic mass is 35.5. The molecule has 2 heterocycles. The molecular formula is C16H16ClN3O. The predicted molar refractivity (Wildman–Crippen MR) is 84.7 cm³/mol. The molecule has 1 aromatic heterocycles. The van der Waals surface area contributed by atoms with Crippen LogP contribution in [-0.4, -0.2) is 16.9 Å². The van der Waals surface area contributed by atoms with Crippen LogP contribution in [0.4, 0.5) is 11.5 Å². The molecule has 2 N–H and O–H groups in total. The first-order valence-corrected chi connectivity index (χ1v) is 7.28. The molecule has 0 bridgehead atoms. The molecule has 0 saturated heterocycles. The number of carbonyl (C=O) groups excluding carboxylic acids is 1. The zero-order valence-corrected chi connectivity index (χ0v) is 12.5. The van der Waals surface area contributed by atoms with E-state index in [-0.39, 0.29) is 17.8 Å². The number of fused-ring (bicyclic) bond motifs is 1. The van der Waals surface area contributed by atoms with Gasteiger partial charge in [0.15, 0.2) is 0 Å². The number of amides is 1. The smallest absolute Gasteiger partial charge is 0.260 e. The highest BCUT2D eigenvalue weighted by Crippen LogP contribution is 2.32. The lowest BCUT2D eigenvalue weighted by molar-refractivity contribution is 0.0975. The summed E-state index contributed by atoms with van der Waals surface area (Å²) in [6.07, 6.45) is 3.41. The number of halogens is 1. The summed E-state index contributed by atoms with van der Waals surface area (Å²) in [4.78, 5) is 18.6. The molecule has 3 rings (SSSR count). The van der Waals surface area contributed by atoms with Gasteiger partial charge in [-0.1, -0.05) is 29.8 Å². The fourth-order valence-electron chi connectivity index (χ4n) is 2.70. The highest BCUT2D eigenvalue weighted by Gasteiger charge is 2.29. The van der Waals surface area contributed by atoms with Crippen LogP contribution in [0.1, 0.15) is 29.3 Å². The molecule has 1 unspecified atom stereocenters. The normalized spacial score (nSPS) is 17.4. The Balaban J connectivity index is 2.02. The number of hydrogen-bond acceptors (Lipinski definition) is 3. The van der Waals surface area contributed by atoms with E-state index in [1.165, 1.54) is 11.8 Å². The van der Waals surface area contributed by atoms with Crippen LogP contribution in [0.5, 0.6) is 0 Å². The molecule has 0 saturated carbocycles. The van der Waals surface area contributed by atoms with Crippen LogP contribution < -0.4 is 10.6 Å². The molecule has 2 aromatic rings. The van der Waals surface area contributed by atoms with Gasteiger partial charge >= 0.3 is 0 Å². The molecule has 0 aliphatic carbocycles. The van der Waals surface area contributed by atoms with E-state index >= 15 is 0 Å². The van der Waals surface area contributed by atoms with Crippen LogP contribution in [-0.2, 0) is 6.42 Å². The average Bonchev–Trinajstić information content (AvgIpc) is 2.49. The Kier molecular flexibility index (Phi) is 3.55. The van der Waals surface area contributed by atoms with Crippen molar-refractivity contribution in [3.05, 3.63) is 52.7 Å². The molecular weight excluding hydrogens is 286 g/mol. The van der Waals surface area contributed by atoms with Crippen molar-refractivity contribution in [2.75, 3.05) is 10.6 Å². The minimum Gasteiger partial charge on any atom is -0.382 e. The predicted octanol–water partition coefficient (Wildman–Crippen LogP) is 3.30. The van der Waals surface area contributed by atoms with Gasteiger partial charge in [-0.3, -0.25) is 4.79 Å². The lowest BCUT2D eigenvalue weighted by atomic mass is 9.96. The maximum atomic E-state index is 12.8. The highest BCUT2D eigenvalue weighted by molar-refractivity contribution is 6.33. The standard InChI is InChI=1S/C16H16ClN3O/c1-10-6-7-11-4-2-3-5-14(11)20(10)16(21)12-8-13(17)15(18)19-9-12/h2-5,8-10H,6-7H2,1H3,(H2,18,19). The first kappa shape index (κ1) is 13.9. The van der Waals surface area contributed by atoms with E-state index in [1.807, 2.05) is 23.1 Å². The fraction of sp³-hybridized carbons (Fsp3) is 0.250. The molecule has 108 valence electrons. The van der Waals surface area contributed by atoms with Gasteiger partial charge in [-0.15, -0.1) is 0 Å². The van der Waals surface area contributed by atoms with Gasteiger partial charge in [-0.25, -0.2) is 4.98 Å². The number of carbonyl (C=O) groups is 1. The van der Waals surface area contributed by atoms with Gasteiger partial charge in [-0.05, 0) is 37.5 Å². The first-order valence-electron chi connectivity index (χ1n) is 6.90. The quantitative estimate of drug-likeness (QED) is 0.879. The van der Waals surface area contributed by atoms with Gasteiger partial charge in [0.25, 0.3) is 5.91 Å². The van der Waals surface area contributed by atoms with Crippen molar-refractivity contribution in [1.82, 2.24) is 4.98 Å². The third kappa shape index (κ3) is 2.47. The number of para-hydroxylation sites is 1. The van der Waals surface area contributed by atoms with Crippen LogP contribution in [0.2, 0.25) is 5.02 Å². The molecule has 4 nitrogen and oxygen atoms in total. The molecule has 0 radical (unpaired) electrons. The number of aryl methyl sites for hydroxylation is 1. The number of benzene rings is 1. The number of nitrogen functional groups attached to an aromatic ring is 1. The van der Waals surface area contributed by atoms with Crippen LogP contribution in [0.25, 0.3) is 0 Å². The monoisotopic (exact) mass is 301 g/mol. The largest absolute Gasteiger partial charge is 0.382 e. The van der Waals surface area contributed by atoms with Crippen molar-refractivity contribution in [2.45, 2.75) is 25.8 Å². The molecule has 1 aromatic carbocycles. The van der Waals surface area contributed by atoms with Crippen LogP contribution >= 0.6 is 11.6 Å². The van der Waals surface area contributed by atoms with Crippen molar-refractivity contribution in [3.63, 3.8) is 0 Å². The van der Waals surface area contributed by atoms with Crippen molar-refractivity contribution >= 4 is 29.0 Å². The van der Waals surface area contributed by atoms with E-state index in [4.69, 9.17) is 17.3 Å². The molecule has 5 heteroatoms. The Hall–Kier alpha value is -2.07. The van der Waals surface area contributed by atoms with Gasteiger partial charge < -0.3 is 10.6 Å². The zero-order valence-electron chi connectivity index (χ0n) is 11.7. The third-order valence-corrected chi connectivity index (χ3v) is 4.16. The van der Waals surface area contributed by atoms with E-state index in [2.05, 4.69) is 18.0 Å². The second kappa shape index (κ2) is 5.37. The van der Waals surface area contributed by atoms with Gasteiger partial charge in [0.2, 0.25) is 0 Å². The number of rotatable bonds is 1. The summed E-state index contributed by atoms with van der Waals surface area (Å²) in [5, 5.41) is 0.304. The number of aromatic nitrogens is 1. The first-order chi connectivity index (χ1) is 10.1. The number of pyridine rings is 1. The number of hydrogen-bond donors (Lipinski definition) is 1. The van der Waals surface area contributed by atoms with Crippen LogP contribution in [0.15, 0.2) is 36.5 Å². The molecule has 1 aliphatic heterocycles. The summed E-state index contributed by atoms with van der Waals surface area (Å²) in [7, 11) is 0. The Bertz CT molecular complexity index is 702. The summed E-state index contributed by atoms with van der Waals surface area (Å²) in [6, 6.07) is 9.72. The molecule has 0 spiro atoms. The summed E-state index contributed by atoms with van der Waals surface area (Å²) in [6.45, 7) is 2.06. The second-order valence-corrected chi connectivity index (χ2v) is 5.69. The van der Waals surface area contributed by atoms with Gasteiger partial charge in [0.05, 0.1) is 10.6 Å². The number of nitrogens with zero attached hydrogens (tertiary/aromatic N) is 2. The summed E-state index contributed by atoms with van der Waals surface area (Å²) in [5.41, 5.74) is 8.22. The number of anilines is 2. The van der Waals surface area contributed by atoms with E-state index < -0.39 is 0 Å². The maximum Gasteiger partial charge on any atom is 0.260 e. The molecule has 1 amide bonds. The summed E-state index contributed by atoms with van der Waals surface area (Å²) >= 11 is 5.98. The van der Waals surface area contributed by atoms with Crippen molar-refractivity contribution in [1.29, 1.82) is 0 Å². The van der Waals surface area contributed by atoms with E-state index in [0.29, 0.717) is 10.6 Å². The topological polar surface area (TPSA) is 59.2 Å². The van der Waals surface area contributed by atoms with Crippen LogP contribution in [0, 0.1) is 0 Å². The van der Waals surface area contributed by atoms with E-state index in [0.717, 1.165) is 18.5 Å². The fourth-order valence-corrected chi connectivity index (χ4v) is 2.87. The van der Waals surface area contributed by atoms with Crippen molar-refractivity contribution < 1.29 is 4.79 Å². The van der Waals surface area contributed by atoms with Gasteiger partial charge in [0, 0.05) is 17.9 Å². The lowest BCUT2D eigenvalue weighted by Crippen LogP contribution is -2.42.